The molecule has 1 saturated carbocycles. The molecule has 3 nitrogen and oxygen atoms in total. The molecule has 1 aromatic rings. The van der Waals surface area contributed by atoms with Gasteiger partial charge in [0.1, 0.15) is 5.69 Å². The SMILES string of the molecule is Nc1cc(F)c(NCCCOCC2CC2)c(F)c1. The summed E-state index contributed by atoms with van der Waals surface area (Å²) in [5.74, 6) is -0.581. The molecule has 1 aliphatic rings. The molecule has 18 heavy (non-hydrogen) atoms. The minimum Gasteiger partial charge on any atom is -0.399 e. The first-order valence-electron chi connectivity index (χ1n) is 6.23. The fourth-order valence-electron chi connectivity index (χ4n) is 1.68. The monoisotopic (exact) mass is 256 g/mol. The molecule has 0 heterocycles. The van der Waals surface area contributed by atoms with Gasteiger partial charge in [-0.3, -0.25) is 0 Å². The van der Waals surface area contributed by atoms with Gasteiger partial charge in [-0.2, -0.15) is 0 Å². The van der Waals surface area contributed by atoms with Crippen LogP contribution in [0.2, 0.25) is 0 Å². The van der Waals surface area contributed by atoms with Gasteiger partial charge in [0.2, 0.25) is 0 Å². The zero-order valence-corrected chi connectivity index (χ0v) is 10.2. The number of nitrogen functional groups attached to an aromatic ring is 1. The van der Waals surface area contributed by atoms with Crippen molar-refractivity contribution in [2.75, 3.05) is 30.8 Å². The molecule has 0 bridgehead atoms. The van der Waals surface area contributed by atoms with E-state index in [1.165, 1.54) is 12.8 Å². The van der Waals surface area contributed by atoms with E-state index in [9.17, 15) is 8.78 Å². The molecule has 0 spiro atoms. The van der Waals surface area contributed by atoms with Gasteiger partial charge in [-0.25, -0.2) is 8.78 Å². The van der Waals surface area contributed by atoms with Crippen molar-refractivity contribution in [3.05, 3.63) is 23.8 Å². The Labute approximate surface area is 105 Å². The topological polar surface area (TPSA) is 47.3 Å². The Kier molecular flexibility index (Phi) is 4.36. The Bertz CT molecular complexity index is 385. The van der Waals surface area contributed by atoms with Crippen LogP contribution in [0.4, 0.5) is 20.2 Å². The van der Waals surface area contributed by atoms with Crippen LogP contribution >= 0.6 is 0 Å². The van der Waals surface area contributed by atoms with Gasteiger partial charge in [-0.05, 0) is 37.3 Å². The molecule has 5 heteroatoms. The number of benzene rings is 1. The lowest BCUT2D eigenvalue weighted by molar-refractivity contribution is 0.124. The Morgan fingerprint density at radius 3 is 2.56 bits per heavy atom. The van der Waals surface area contributed by atoms with Crippen LogP contribution in [0.25, 0.3) is 0 Å². The van der Waals surface area contributed by atoms with E-state index in [4.69, 9.17) is 10.5 Å². The number of nitrogens with one attached hydrogen (secondary N) is 1. The van der Waals surface area contributed by atoms with Crippen LogP contribution in [0.15, 0.2) is 12.1 Å². The minimum absolute atomic E-state index is 0.0864. The molecule has 0 radical (unpaired) electrons. The van der Waals surface area contributed by atoms with Gasteiger partial charge < -0.3 is 15.8 Å². The highest BCUT2D eigenvalue weighted by Gasteiger charge is 2.20. The molecule has 0 atom stereocenters. The minimum atomic E-state index is -0.661. The lowest BCUT2D eigenvalue weighted by Crippen LogP contribution is -2.09. The quantitative estimate of drug-likeness (QED) is 0.582. The maximum Gasteiger partial charge on any atom is 0.151 e. The van der Waals surface area contributed by atoms with Crippen molar-refractivity contribution in [1.29, 1.82) is 0 Å². The summed E-state index contributed by atoms with van der Waals surface area (Å²) in [4.78, 5) is 0. The molecule has 100 valence electrons. The van der Waals surface area contributed by atoms with Crippen molar-refractivity contribution in [2.24, 2.45) is 5.92 Å². The summed E-state index contributed by atoms with van der Waals surface area (Å²) in [5, 5.41) is 2.73. The second-order valence-corrected chi connectivity index (χ2v) is 4.66. The Morgan fingerprint density at radius 1 is 1.28 bits per heavy atom. The molecule has 1 fully saturated rings. The highest BCUT2D eigenvalue weighted by molar-refractivity contribution is 5.53. The van der Waals surface area contributed by atoms with Crippen molar-refractivity contribution >= 4 is 11.4 Å². The average Bonchev–Trinajstić information content (AvgIpc) is 3.09. The molecule has 0 aliphatic heterocycles. The zero-order valence-electron chi connectivity index (χ0n) is 10.2. The Balaban J connectivity index is 1.68. The van der Waals surface area contributed by atoms with E-state index in [0.29, 0.717) is 13.2 Å². The fourth-order valence-corrected chi connectivity index (χ4v) is 1.68. The predicted molar refractivity (Wildman–Crippen MR) is 67.4 cm³/mol. The highest BCUT2D eigenvalue weighted by Crippen LogP contribution is 2.28. The lowest BCUT2D eigenvalue weighted by Gasteiger charge is -2.09. The second-order valence-electron chi connectivity index (χ2n) is 4.66. The molecule has 3 N–H and O–H groups in total. The van der Waals surface area contributed by atoms with E-state index in [1.54, 1.807) is 0 Å². The summed E-state index contributed by atoms with van der Waals surface area (Å²) >= 11 is 0. The van der Waals surface area contributed by atoms with Crippen molar-refractivity contribution < 1.29 is 13.5 Å². The molecular weight excluding hydrogens is 238 g/mol. The molecule has 0 unspecified atom stereocenters. The van der Waals surface area contributed by atoms with E-state index in [2.05, 4.69) is 5.32 Å². The summed E-state index contributed by atoms with van der Waals surface area (Å²) in [5.41, 5.74) is 5.30. The molecule has 0 aromatic heterocycles. The smallest absolute Gasteiger partial charge is 0.151 e. The van der Waals surface area contributed by atoms with Gasteiger partial charge in [-0.15, -0.1) is 0 Å². The molecular formula is C13H18F2N2O. The van der Waals surface area contributed by atoms with Crippen LogP contribution in [0, 0.1) is 17.6 Å². The fraction of sp³-hybridized carbons (Fsp3) is 0.538. The van der Waals surface area contributed by atoms with Crippen molar-refractivity contribution in [3.63, 3.8) is 0 Å². The summed E-state index contributed by atoms with van der Waals surface area (Å²) < 4.78 is 32.2. The van der Waals surface area contributed by atoms with Gasteiger partial charge in [0, 0.05) is 25.4 Å². The third-order valence-corrected chi connectivity index (χ3v) is 2.88. The normalized spacial score (nSPS) is 14.8. The summed E-state index contributed by atoms with van der Waals surface area (Å²) in [6.07, 6.45) is 3.25. The number of rotatable bonds is 7. The van der Waals surface area contributed by atoms with Crippen LogP contribution in [0.1, 0.15) is 19.3 Å². The van der Waals surface area contributed by atoms with Crippen molar-refractivity contribution in [1.82, 2.24) is 0 Å². The van der Waals surface area contributed by atoms with Crippen LogP contribution in [-0.2, 0) is 4.74 Å². The number of hydrogen-bond acceptors (Lipinski definition) is 3. The summed E-state index contributed by atoms with van der Waals surface area (Å²) in [6.45, 7) is 1.90. The largest absolute Gasteiger partial charge is 0.399 e. The predicted octanol–water partition coefficient (Wildman–Crippen LogP) is 2.78. The maximum absolute atomic E-state index is 13.4. The standard InChI is InChI=1S/C13H18F2N2O/c14-11-6-10(16)7-12(15)13(11)17-4-1-5-18-8-9-2-3-9/h6-7,9,17H,1-5,8,16H2. The molecule has 1 aliphatic carbocycles. The van der Waals surface area contributed by atoms with E-state index in [0.717, 1.165) is 31.1 Å². The molecule has 0 saturated heterocycles. The Hall–Kier alpha value is -1.36. The van der Waals surface area contributed by atoms with Gasteiger partial charge in [0.25, 0.3) is 0 Å². The van der Waals surface area contributed by atoms with Crippen LogP contribution in [-0.4, -0.2) is 19.8 Å². The van der Waals surface area contributed by atoms with Crippen molar-refractivity contribution in [3.8, 4) is 0 Å². The molecule has 2 rings (SSSR count). The number of ether oxygens (including phenoxy) is 1. The third kappa shape index (κ3) is 3.84. The number of anilines is 2. The highest BCUT2D eigenvalue weighted by atomic mass is 19.1. The number of halogens is 2. The van der Waals surface area contributed by atoms with E-state index in [-0.39, 0.29) is 11.4 Å². The summed E-state index contributed by atoms with van der Waals surface area (Å²) in [7, 11) is 0. The third-order valence-electron chi connectivity index (χ3n) is 2.88. The Morgan fingerprint density at radius 2 is 1.94 bits per heavy atom. The van der Waals surface area contributed by atoms with Crippen LogP contribution in [0.5, 0.6) is 0 Å². The zero-order chi connectivity index (χ0) is 13.0. The van der Waals surface area contributed by atoms with E-state index in [1.807, 2.05) is 0 Å². The van der Waals surface area contributed by atoms with Crippen molar-refractivity contribution in [2.45, 2.75) is 19.3 Å². The first-order chi connectivity index (χ1) is 8.66. The van der Waals surface area contributed by atoms with Crippen LogP contribution < -0.4 is 11.1 Å². The van der Waals surface area contributed by atoms with Gasteiger partial charge >= 0.3 is 0 Å². The van der Waals surface area contributed by atoms with Gasteiger partial charge in [0.05, 0.1) is 0 Å². The lowest BCUT2D eigenvalue weighted by atomic mass is 10.2. The van der Waals surface area contributed by atoms with Crippen LogP contribution in [0.3, 0.4) is 0 Å². The first-order valence-corrected chi connectivity index (χ1v) is 6.23. The number of hydrogen-bond donors (Lipinski definition) is 2. The first kappa shape index (κ1) is 13.1. The van der Waals surface area contributed by atoms with Gasteiger partial charge in [-0.1, -0.05) is 0 Å². The average molecular weight is 256 g/mol. The molecule has 0 amide bonds. The molecule has 1 aromatic carbocycles. The number of nitrogens with two attached hydrogens (primary N) is 1. The maximum atomic E-state index is 13.4. The van der Waals surface area contributed by atoms with E-state index < -0.39 is 11.6 Å². The summed E-state index contributed by atoms with van der Waals surface area (Å²) in [6, 6.07) is 2.21. The van der Waals surface area contributed by atoms with Gasteiger partial charge in [0.15, 0.2) is 11.6 Å². The van der Waals surface area contributed by atoms with E-state index >= 15 is 0 Å². The second kappa shape index (κ2) is 6.00.